The Bertz CT molecular complexity index is 387. The normalized spacial score (nSPS) is 11.6. The molecule has 1 heterocycles. The van der Waals surface area contributed by atoms with E-state index in [1.165, 1.54) is 13.0 Å². The number of nitrogens with zero attached hydrogens (tertiary/aromatic N) is 2. The van der Waals surface area contributed by atoms with Crippen LogP contribution in [-0.2, 0) is 11.2 Å². The largest absolute Gasteiger partial charge is 0.406 e. The molecular weight excluding hydrogens is 237 g/mol. The van der Waals surface area contributed by atoms with Gasteiger partial charge in [0.1, 0.15) is 12.3 Å². The Kier molecular flexibility index (Phi) is 4.14. The summed E-state index contributed by atoms with van der Waals surface area (Å²) in [6, 6.07) is 1.53. The highest BCUT2D eigenvalue weighted by Gasteiger charge is 2.32. The SMILES string of the molecule is CCN(CC(F)(F)F)C(=O)Cc1cc(C)no1. The van der Waals surface area contributed by atoms with Crippen LogP contribution in [0.1, 0.15) is 18.4 Å². The smallest absolute Gasteiger partial charge is 0.361 e. The maximum absolute atomic E-state index is 12.2. The van der Waals surface area contributed by atoms with Gasteiger partial charge in [-0.2, -0.15) is 13.2 Å². The first-order valence-corrected chi connectivity index (χ1v) is 5.08. The zero-order chi connectivity index (χ0) is 13.1. The minimum absolute atomic E-state index is 0.00542. The van der Waals surface area contributed by atoms with E-state index in [-0.39, 0.29) is 18.7 Å². The number of carbonyl (C=O) groups excluding carboxylic acids is 1. The van der Waals surface area contributed by atoms with Gasteiger partial charge in [-0.05, 0) is 13.8 Å². The van der Waals surface area contributed by atoms with E-state index < -0.39 is 18.6 Å². The van der Waals surface area contributed by atoms with Gasteiger partial charge in [0.15, 0.2) is 0 Å². The maximum atomic E-state index is 12.2. The summed E-state index contributed by atoms with van der Waals surface area (Å²) >= 11 is 0. The molecule has 1 amide bonds. The third-order valence-electron chi connectivity index (χ3n) is 2.11. The van der Waals surface area contributed by atoms with Gasteiger partial charge in [-0.3, -0.25) is 4.79 Å². The number of rotatable bonds is 4. The summed E-state index contributed by atoms with van der Waals surface area (Å²) < 4.78 is 41.3. The Balaban J connectivity index is 2.61. The molecule has 7 heteroatoms. The second-order valence-corrected chi connectivity index (χ2v) is 3.63. The minimum atomic E-state index is -4.39. The maximum Gasteiger partial charge on any atom is 0.406 e. The third kappa shape index (κ3) is 4.46. The van der Waals surface area contributed by atoms with E-state index in [0.717, 1.165) is 4.90 Å². The zero-order valence-electron chi connectivity index (χ0n) is 9.54. The molecule has 0 bridgehead atoms. The molecule has 0 saturated carbocycles. The van der Waals surface area contributed by atoms with Crippen LogP contribution >= 0.6 is 0 Å². The summed E-state index contributed by atoms with van der Waals surface area (Å²) in [5, 5.41) is 3.56. The zero-order valence-corrected chi connectivity index (χ0v) is 9.54. The minimum Gasteiger partial charge on any atom is -0.361 e. The fourth-order valence-corrected chi connectivity index (χ4v) is 1.35. The number of alkyl halides is 3. The first-order chi connectivity index (χ1) is 7.81. The van der Waals surface area contributed by atoms with Crippen LogP contribution in [0.5, 0.6) is 0 Å². The number of amides is 1. The van der Waals surface area contributed by atoms with Gasteiger partial charge >= 0.3 is 6.18 Å². The molecule has 0 saturated heterocycles. The first kappa shape index (κ1) is 13.5. The standard InChI is InChI=1S/C10H13F3N2O2/c1-3-15(6-10(11,12)13)9(16)5-8-4-7(2)14-17-8/h4H,3,5-6H2,1-2H3. The lowest BCUT2D eigenvalue weighted by atomic mass is 10.2. The van der Waals surface area contributed by atoms with Crippen LogP contribution in [0, 0.1) is 6.92 Å². The average Bonchev–Trinajstić information content (AvgIpc) is 2.59. The van der Waals surface area contributed by atoms with Crippen LogP contribution in [0.15, 0.2) is 10.6 Å². The number of hydrogen-bond donors (Lipinski definition) is 0. The topological polar surface area (TPSA) is 46.3 Å². The summed E-state index contributed by atoms with van der Waals surface area (Å²) in [6.45, 7) is 1.93. The number of aromatic nitrogens is 1. The molecule has 0 spiro atoms. The predicted octanol–water partition coefficient (Wildman–Crippen LogP) is 1.94. The van der Waals surface area contributed by atoms with Gasteiger partial charge < -0.3 is 9.42 Å². The lowest BCUT2D eigenvalue weighted by molar-refractivity contribution is -0.160. The second-order valence-electron chi connectivity index (χ2n) is 3.63. The molecule has 0 aliphatic rings. The van der Waals surface area contributed by atoms with E-state index in [1.807, 2.05) is 0 Å². The molecule has 0 aliphatic carbocycles. The fraction of sp³-hybridized carbons (Fsp3) is 0.600. The van der Waals surface area contributed by atoms with E-state index in [4.69, 9.17) is 4.52 Å². The van der Waals surface area contributed by atoms with Crippen molar-refractivity contribution in [3.63, 3.8) is 0 Å². The quantitative estimate of drug-likeness (QED) is 0.820. The number of hydrogen-bond acceptors (Lipinski definition) is 3. The van der Waals surface area contributed by atoms with Crippen molar-refractivity contribution < 1.29 is 22.5 Å². The van der Waals surface area contributed by atoms with Gasteiger partial charge in [-0.1, -0.05) is 5.16 Å². The molecule has 1 aromatic rings. The van der Waals surface area contributed by atoms with E-state index in [0.29, 0.717) is 5.69 Å². The monoisotopic (exact) mass is 250 g/mol. The third-order valence-corrected chi connectivity index (χ3v) is 2.11. The molecule has 1 aromatic heterocycles. The van der Waals surface area contributed by atoms with Crippen molar-refractivity contribution in [2.75, 3.05) is 13.1 Å². The van der Waals surface area contributed by atoms with Crippen molar-refractivity contribution in [1.82, 2.24) is 10.1 Å². The van der Waals surface area contributed by atoms with Crippen LogP contribution in [0.3, 0.4) is 0 Å². The Morgan fingerprint density at radius 3 is 2.59 bits per heavy atom. The summed E-state index contributed by atoms with van der Waals surface area (Å²) in [7, 11) is 0. The van der Waals surface area contributed by atoms with Gasteiger partial charge in [0, 0.05) is 12.6 Å². The van der Waals surface area contributed by atoms with Crippen LogP contribution in [-0.4, -0.2) is 35.2 Å². The van der Waals surface area contributed by atoms with Gasteiger partial charge in [-0.25, -0.2) is 0 Å². The number of halogens is 3. The lowest BCUT2D eigenvalue weighted by Crippen LogP contribution is -2.39. The van der Waals surface area contributed by atoms with Crippen LogP contribution in [0.4, 0.5) is 13.2 Å². The Labute approximate surface area is 96.4 Å². The molecule has 0 unspecified atom stereocenters. The fourth-order valence-electron chi connectivity index (χ4n) is 1.35. The Morgan fingerprint density at radius 2 is 2.18 bits per heavy atom. The number of likely N-dealkylation sites (N-methyl/N-ethyl adjacent to an activating group) is 1. The molecule has 0 fully saturated rings. The highest BCUT2D eigenvalue weighted by molar-refractivity contribution is 5.78. The highest BCUT2D eigenvalue weighted by Crippen LogP contribution is 2.17. The van der Waals surface area contributed by atoms with E-state index in [2.05, 4.69) is 5.16 Å². The van der Waals surface area contributed by atoms with E-state index >= 15 is 0 Å². The van der Waals surface area contributed by atoms with Crippen molar-refractivity contribution >= 4 is 5.91 Å². The molecule has 17 heavy (non-hydrogen) atoms. The first-order valence-electron chi connectivity index (χ1n) is 5.08. The van der Waals surface area contributed by atoms with Crippen molar-refractivity contribution in [3.05, 3.63) is 17.5 Å². The second kappa shape index (κ2) is 5.20. The molecule has 96 valence electrons. The van der Waals surface area contributed by atoms with Gasteiger partial charge in [-0.15, -0.1) is 0 Å². The molecule has 0 aliphatic heterocycles. The van der Waals surface area contributed by atoms with Gasteiger partial charge in [0.05, 0.1) is 12.1 Å². The van der Waals surface area contributed by atoms with Crippen molar-refractivity contribution in [2.45, 2.75) is 26.4 Å². The lowest BCUT2D eigenvalue weighted by Gasteiger charge is -2.21. The number of aryl methyl sites for hydroxylation is 1. The van der Waals surface area contributed by atoms with Crippen LogP contribution in [0.25, 0.3) is 0 Å². The molecule has 4 nitrogen and oxygen atoms in total. The molecule has 0 N–H and O–H groups in total. The molecule has 0 atom stereocenters. The Hall–Kier alpha value is -1.53. The van der Waals surface area contributed by atoms with Gasteiger partial charge in [0.2, 0.25) is 5.91 Å². The number of carbonyl (C=O) groups is 1. The summed E-state index contributed by atoms with van der Waals surface area (Å²) in [5.41, 5.74) is 0.590. The van der Waals surface area contributed by atoms with Crippen molar-refractivity contribution in [3.8, 4) is 0 Å². The highest BCUT2D eigenvalue weighted by atomic mass is 19.4. The molecule has 1 rings (SSSR count). The summed E-state index contributed by atoms with van der Waals surface area (Å²) in [5.74, 6) is -0.353. The van der Waals surface area contributed by atoms with Crippen molar-refractivity contribution in [1.29, 1.82) is 0 Å². The molecular formula is C10H13F3N2O2. The predicted molar refractivity (Wildman–Crippen MR) is 53.3 cm³/mol. The van der Waals surface area contributed by atoms with Crippen LogP contribution in [0.2, 0.25) is 0 Å². The van der Waals surface area contributed by atoms with Crippen molar-refractivity contribution in [2.24, 2.45) is 0 Å². The Morgan fingerprint density at radius 1 is 1.53 bits per heavy atom. The van der Waals surface area contributed by atoms with E-state index in [1.54, 1.807) is 6.92 Å². The van der Waals surface area contributed by atoms with Crippen LogP contribution < -0.4 is 0 Å². The summed E-state index contributed by atoms with van der Waals surface area (Å²) in [6.07, 6.45) is -4.59. The molecule has 0 radical (unpaired) electrons. The van der Waals surface area contributed by atoms with E-state index in [9.17, 15) is 18.0 Å². The average molecular weight is 250 g/mol. The molecule has 0 aromatic carbocycles. The summed E-state index contributed by atoms with van der Waals surface area (Å²) in [4.78, 5) is 12.3. The van der Waals surface area contributed by atoms with Gasteiger partial charge in [0.25, 0.3) is 0 Å².